The molecule has 0 saturated heterocycles. The van der Waals surface area contributed by atoms with Gasteiger partial charge in [-0.2, -0.15) is 0 Å². The molecule has 0 atom stereocenters. The predicted octanol–water partition coefficient (Wildman–Crippen LogP) is 5.04. The van der Waals surface area contributed by atoms with Gasteiger partial charge in [0, 0.05) is 12.2 Å². The lowest BCUT2D eigenvalue weighted by Crippen LogP contribution is -2.07. The number of anilines is 1. The summed E-state index contributed by atoms with van der Waals surface area (Å²) in [7, 11) is 0. The van der Waals surface area contributed by atoms with Crippen LogP contribution >= 0.6 is 0 Å². The number of hydrogen-bond acceptors (Lipinski definition) is 1. The van der Waals surface area contributed by atoms with Crippen LogP contribution in [0.15, 0.2) is 36.4 Å². The number of para-hydroxylation sites is 1. The predicted molar refractivity (Wildman–Crippen MR) is 88.4 cm³/mol. The van der Waals surface area contributed by atoms with E-state index in [-0.39, 0.29) is 0 Å². The minimum absolute atomic E-state index is 0.905. The first-order valence-corrected chi connectivity index (χ1v) is 7.57. The van der Waals surface area contributed by atoms with Crippen LogP contribution in [0.25, 0.3) is 0 Å². The summed E-state index contributed by atoms with van der Waals surface area (Å²) in [6, 6.07) is 13.1. The average Bonchev–Trinajstić information content (AvgIpc) is 2.46. The molecule has 0 aliphatic heterocycles. The third-order valence-corrected chi connectivity index (χ3v) is 4.09. The van der Waals surface area contributed by atoms with E-state index < -0.39 is 0 Å². The topological polar surface area (TPSA) is 12.0 Å². The van der Waals surface area contributed by atoms with Crippen LogP contribution in [0.4, 0.5) is 5.69 Å². The third kappa shape index (κ3) is 3.04. The van der Waals surface area contributed by atoms with Crippen molar-refractivity contribution in [3.63, 3.8) is 0 Å². The summed E-state index contributed by atoms with van der Waals surface area (Å²) in [4.78, 5) is 0. The fourth-order valence-electron chi connectivity index (χ4n) is 2.77. The van der Waals surface area contributed by atoms with E-state index in [1.807, 2.05) is 0 Å². The van der Waals surface area contributed by atoms with Gasteiger partial charge in [0.1, 0.15) is 0 Å². The zero-order valence-electron chi connectivity index (χ0n) is 13.1. The number of benzene rings is 2. The third-order valence-electron chi connectivity index (χ3n) is 4.09. The van der Waals surface area contributed by atoms with E-state index in [4.69, 9.17) is 0 Å². The van der Waals surface area contributed by atoms with Gasteiger partial charge in [-0.15, -0.1) is 0 Å². The Balaban J connectivity index is 2.27. The van der Waals surface area contributed by atoms with Crippen molar-refractivity contribution in [3.8, 4) is 0 Å². The van der Waals surface area contributed by atoms with Crippen molar-refractivity contribution >= 4 is 5.69 Å². The Labute approximate surface area is 123 Å². The van der Waals surface area contributed by atoms with Gasteiger partial charge in [-0.1, -0.05) is 50.2 Å². The Kier molecular flexibility index (Phi) is 4.84. The van der Waals surface area contributed by atoms with E-state index in [9.17, 15) is 0 Å². The first kappa shape index (κ1) is 14.6. The van der Waals surface area contributed by atoms with Crippen LogP contribution in [0, 0.1) is 13.8 Å². The fourth-order valence-corrected chi connectivity index (χ4v) is 2.77. The first-order chi connectivity index (χ1) is 9.67. The summed E-state index contributed by atoms with van der Waals surface area (Å²) in [5, 5.41) is 3.68. The van der Waals surface area contributed by atoms with Gasteiger partial charge in [0.25, 0.3) is 0 Å². The highest BCUT2D eigenvalue weighted by atomic mass is 14.9. The Morgan fingerprint density at radius 3 is 1.80 bits per heavy atom. The van der Waals surface area contributed by atoms with Gasteiger partial charge in [-0.05, 0) is 54.5 Å². The molecule has 0 spiro atoms. The van der Waals surface area contributed by atoms with Crippen molar-refractivity contribution < 1.29 is 0 Å². The van der Waals surface area contributed by atoms with Crippen LogP contribution in [0.2, 0.25) is 0 Å². The minimum Gasteiger partial charge on any atom is -0.381 e. The van der Waals surface area contributed by atoms with Crippen molar-refractivity contribution in [2.24, 2.45) is 0 Å². The lowest BCUT2D eigenvalue weighted by molar-refractivity contribution is 1.03. The Morgan fingerprint density at radius 1 is 0.800 bits per heavy atom. The van der Waals surface area contributed by atoms with Crippen molar-refractivity contribution in [2.75, 3.05) is 5.32 Å². The Morgan fingerprint density at radius 2 is 1.30 bits per heavy atom. The summed E-state index contributed by atoms with van der Waals surface area (Å²) in [5.41, 5.74) is 8.31. The fraction of sp³-hybridized carbons (Fsp3) is 0.368. The lowest BCUT2D eigenvalue weighted by Gasteiger charge is -2.17. The molecule has 106 valence electrons. The molecule has 2 aromatic carbocycles. The molecule has 0 unspecified atom stereocenters. The Hall–Kier alpha value is -1.76. The van der Waals surface area contributed by atoms with Crippen LogP contribution in [0.1, 0.15) is 41.7 Å². The van der Waals surface area contributed by atoms with Crippen molar-refractivity contribution in [1.29, 1.82) is 0 Å². The van der Waals surface area contributed by atoms with Gasteiger partial charge in [0.2, 0.25) is 0 Å². The van der Waals surface area contributed by atoms with Gasteiger partial charge in [-0.25, -0.2) is 0 Å². The van der Waals surface area contributed by atoms with E-state index >= 15 is 0 Å². The highest BCUT2D eigenvalue weighted by Crippen LogP contribution is 2.24. The summed E-state index contributed by atoms with van der Waals surface area (Å²) < 4.78 is 0. The molecule has 2 rings (SSSR count). The molecule has 0 aromatic heterocycles. The Bertz CT molecular complexity index is 542. The standard InChI is InChI=1S/C19H25N/c1-5-16-11-8-12-17(6-2)19(16)20-13-18-14(3)9-7-10-15(18)4/h7-12,20H,5-6,13H2,1-4H3. The van der Waals surface area contributed by atoms with Gasteiger partial charge in [0.05, 0.1) is 0 Å². The number of rotatable bonds is 5. The van der Waals surface area contributed by atoms with E-state index in [0.717, 1.165) is 19.4 Å². The lowest BCUT2D eigenvalue weighted by atomic mass is 10.0. The molecule has 0 aliphatic carbocycles. The molecular weight excluding hydrogens is 242 g/mol. The maximum atomic E-state index is 3.68. The second kappa shape index (κ2) is 6.60. The maximum Gasteiger partial charge on any atom is 0.0407 e. The van der Waals surface area contributed by atoms with Crippen LogP contribution in [0.3, 0.4) is 0 Å². The van der Waals surface area contributed by atoms with Crippen LogP contribution in [-0.4, -0.2) is 0 Å². The second-order valence-corrected chi connectivity index (χ2v) is 5.38. The molecule has 1 N–H and O–H groups in total. The summed E-state index contributed by atoms with van der Waals surface area (Å²) in [5.74, 6) is 0. The zero-order valence-corrected chi connectivity index (χ0v) is 13.1. The molecule has 0 bridgehead atoms. The van der Waals surface area contributed by atoms with Gasteiger partial charge >= 0.3 is 0 Å². The molecule has 20 heavy (non-hydrogen) atoms. The van der Waals surface area contributed by atoms with Crippen LogP contribution < -0.4 is 5.32 Å². The van der Waals surface area contributed by atoms with Crippen molar-refractivity contribution in [3.05, 3.63) is 64.2 Å². The highest BCUT2D eigenvalue weighted by molar-refractivity contribution is 5.58. The molecule has 0 fully saturated rings. The smallest absolute Gasteiger partial charge is 0.0407 e. The summed E-state index contributed by atoms with van der Waals surface area (Å²) >= 11 is 0. The normalized spacial score (nSPS) is 10.6. The molecule has 2 aromatic rings. The largest absolute Gasteiger partial charge is 0.381 e. The van der Waals surface area contributed by atoms with Crippen LogP contribution in [0.5, 0.6) is 0 Å². The summed E-state index contributed by atoms with van der Waals surface area (Å²) in [6.45, 7) is 9.73. The molecule has 0 radical (unpaired) electrons. The van der Waals surface area contributed by atoms with E-state index in [1.165, 1.54) is 33.5 Å². The number of nitrogens with one attached hydrogen (secondary N) is 1. The average molecular weight is 267 g/mol. The zero-order chi connectivity index (χ0) is 14.5. The molecular formula is C19H25N. The summed E-state index contributed by atoms with van der Waals surface area (Å²) in [6.07, 6.45) is 2.14. The molecule has 0 heterocycles. The van der Waals surface area contributed by atoms with Crippen LogP contribution in [-0.2, 0) is 19.4 Å². The highest BCUT2D eigenvalue weighted by Gasteiger charge is 2.07. The van der Waals surface area contributed by atoms with Crippen molar-refractivity contribution in [2.45, 2.75) is 47.1 Å². The molecule has 0 saturated carbocycles. The molecule has 0 amide bonds. The molecule has 0 aliphatic rings. The van der Waals surface area contributed by atoms with E-state index in [2.05, 4.69) is 69.4 Å². The van der Waals surface area contributed by atoms with E-state index in [0.29, 0.717) is 0 Å². The van der Waals surface area contributed by atoms with Gasteiger partial charge < -0.3 is 5.32 Å². The maximum absolute atomic E-state index is 3.68. The SMILES string of the molecule is CCc1cccc(CC)c1NCc1c(C)cccc1C. The van der Waals surface area contributed by atoms with Gasteiger partial charge in [0.15, 0.2) is 0 Å². The monoisotopic (exact) mass is 267 g/mol. The quantitative estimate of drug-likeness (QED) is 0.800. The first-order valence-electron chi connectivity index (χ1n) is 7.57. The van der Waals surface area contributed by atoms with Gasteiger partial charge in [-0.3, -0.25) is 0 Å². The molecule has 1 heteroatoms. The minimum atomic E-state index is 0.905. The van der Waals surface area contributed by atoms with Crippen molar-refractivity contribution in [1.82, 2.24) is 0 Å². The molecule has 1 nitrogen and oxygen atoms in total. The second-order valence-electron chi connectivity index (χ2n) is 5.38. The number of aryl methyl sites for hydroxylation is 4. The number of hydrogen-bond donors (Lipinski definition) is 1. The van der Waals surface area contributed by atoms with E-state index in [1.54, 1.807) is 0 Å².